The Labute approximate surface area is 111 Å². The summed E-state index contributed by atoms with van der Waals surface area (Å²) in [6.07, 6.45) is 0. The standard InChI is InChI=1S/C10H10BrClO3S/c1-4(5(2)10(14)15)8(13)7-3-6(11)9(12)16-7/h3-5H,1-2H3,(H,14,15). The molecule has 1 N–H and O–H groups in total. The number of carboxylic acid groups (broad SMARTS) is 1. The zero-order chi connectivity index (χ0) is 12.5. The highest BCUT2D eigenvalue weighted by Gasteiger charge is 2.27. The van der Waals surface area contributed by atoms with E-state index in [0.29, 0.717) is 13.7 Å². The molecule has 88 valence electrons. The van der Waals surface area contributed by atoms with Gasteiger partial charge < -0.3 is 5.11 Å². The van der Waals surface area contributed by atoms with Gasteiger partial charge in [-0.1, -0.05) is 25.4 Å². The van der Waals surface area contributed by atoms with Crippen molar-refractivity contribution < 1.29 is 14.7 Å². The molecular weight excluding hydrogens is 316 g/mol. The van der Waals surface area contributed by atoms with E-state index in [0.717, 1.165) is 11.3 Å². The van der Waals surface area contributed by atoms with Gasteiger partial charge in [0.05, 0.1) is 10.8 Å². The first kappa shape index (κ1) is 13.7. The van der Waals surface area contributed by atoms with Crippen molar-refractivity contribution in [1.29, 1.82) is 0 Å². The van der Waals surface area contributed by atoms with E-state index >= 15 is 0 Å². The molecule has 0 aliphatic carbocycles. The molecule has 1 aromatic rings. The van der Waals surface area contributed by atoms with Crippen LogP contribution in [0, 0.1) is 11.8 Å². The van der Waals surface area contributed by atoms with Crippen LogP contribution in [-0.4, -0.2) is 16.9 Å². The van der Waals surface area contributed by atoms with E-state index in [2.05, 4.69) is 15.9 Å². The third-order valence-corrected chi connectivity index (χ3v) is 4.93. The Morgan fingerprint density at radius 2 is 2.00 bits per heavy atom. The molecule has 0 bridgehead atoms. The highest BCUT2D eigenvalue weighted by Crippen LogP contribution is 2.34. The van der Waals surface area contributed by atoms with Crippen LogP contribution >= 0.6 is 38.9 Å². The minimum absolute atomic E-state index is 0.187. The highest BCUT2D eigenvalue weighted by molar-refractivity contribution is 9.10. The van der Waals surface area contributed by atoms with Crippen molar-refractivity contribution >= 4 is 50.6 Å². The molecule has 0 saturated carbocycles. The second kappa shape index (κ2) is 5.29. The van der Waals surface area contributed by atoms with Gasteiger partial charge in [-0.15, -0.1) is 11.3 Å². The average Bonchev–Trinajstić information content (AvgIpc) is 2.55. The highest BCUT2D eigenvalue weighted by atomic mass is 79.9. The molecule has 1 heterocycles. The summed E-state index contributed by atoms with van der Waals surface area (Å²) in [5, 5.41) is 8.82. The summed E-state index contributed by atoms with van der Waals surface area (Å²) in [7, 11) is 0. The van der Waals surface area contributed by atoms with Gasteiger partial charge in [-0.05, 0) is 22.0 Å². The van der Waals surface area contributed by atoms with E-state index in [9.17, 15) is 9.59 Å². The van der Waals surface area contributed by atoms with E-state index in [1.54, 1.807) is 13.0 Å². The van der Waals surface area contributed by atoms with Crippen molar-refractivity contribution in [2.75, 3.05) is 0 Å². The average molecular weight is 326 g/mol. The van der Waals surface area contributed by atoms with Crippen LogP contribution in [-0.2, 0) is 4.79 Å². The third kappa shape index (κ3) is 2.84. The van der Waals surface area contributed by atoms with Gasteiger partial charge in [-0.25, -0.2) is 0 Å². The molecule has 0 spiro atoms. The van der Waals surface area contributed by atoms with Crippen LogP contribution in [0.4, 0.5) is 0 Å². The molecule has 3 nitrogen and oxygen atoms in total. The van der Waals surface area contributed by atoms with Crippen LogP contribution in [0.5, 0.6) is 0 Å². The molecule has 2 atom stereocenters. The molecular formula is C10H10BrClO3S. The number of carbonyl (C=O) groups excluding carboxylic acids is 1. The zero-order valence-corrected chi connectivity index (χ0v) is 11.8. The molecule has 0 aliphatic rings. The maximum absolute atomic E-state index is 11.9. The Bertz CT molecular complexity index is 410. The summed E-state index contributed by atoms with van der Waals surface area (Å²) >= 11 is 10.2. The molecule has 0 amide bonds. The Balaban J connectivity index is 2.90. The van der Waals surface area contributed by atoms with E-state index < -0.39 is 17.8 Å². The molecule has 6 heteroatoms. The van der Waals surface area contributed by atoms with Crippen molar-refractivity contribution in [3.63, 3.8) is 0 Å². The number of Topliss-reactive ketones (excluding diaryl/α,β-unsaturated/α-hetero) is 1. The lowest BCUT2D eigenvalue weighted by Crippen LogP contribution is -2.24. The lowest BCUT2D eigenvalue weighted by molar-refractivity contribution is -0.142. The van der Waals surface area contributed by atoms with Gasteiger partial charge in [-0.2, -0.15) is 0 Å². The quantitative estimate of drug-likeness (QED) is 0.859. The van der Waals surface area contributed by atoms with E-state index in [1.165, 1.54) is 6.92 Å². The number of carboxylic acids is 1. The van der Waals surface area contributed by atoms with Crippen LogP contribution in [0.1, 0.15) is 23.5 Å². The SMILES string of the molecule is CC(C(=O)O)C(C)C(=O)c1cc(Br)c(Cl)s1. The molecule has 0 saturated heterocycles. The fourth-order valence-corrected chi connectivity index (χ4v) is 2.87. The lowest BCUT2D eigenvalue weighted by Gasteiger charge is -2.13. The van der Waals surface area contributed by atoms with Crippen molar-refractivity contribution in [3.8, 4) is 0 Å². The van der Waals surface area contributed by atoms with Gasteiger partial charge in [-0.3, -0.25) is 9.59 Å². The Morgan fingerprint density at radius 1 is 1.44 bits per heavy atom. The number of ketones is 1. The molecule has 1 aromatic heterocycles. The smallest absolute Gasteiger partial charge is 0.306 e. The van der Waals surface area contributed by atoms with E-state index in [1.807, 2.05) is 0 Å². The molecule has 0 aromatic carbocycles. The predicted molar refractivity (Wildman–Crippen MR) is 67.3 cm³/mol. The van der Waals surface area contributed by atoms with Crippen LogP contribution < -0.4 is 0 Å². The summed E-state index contributed by atoms with van der Waals surface area (Å²) in [6, 6.07) is 1.63. The van der Waals surface area contributed by atoms with Gasteiger partial charge in [0.25, 0.3) is 0 Å². The van der Waals surface area contributed by atoms with Gasteiger partial charge >= 0.3 is 5.97 Å². The lowest BCUT2D eigenvalue weighted by atomic mass is 9.91. The molecule has 0 radical (unpaired) electrons. The first-order valence-corrected chi connectivity index (χ1v) is 6.55. The number of hydrogen-bond acceptors (Lipinski definition) is 3. The number of aliphatic carboxylic acids is 1. The van der Waals surface area contributed by atoms with E-state index in [4.69, 9.17) is 16.7 Å². The monoisotopic (exact) mass is 324 g/mol. The van der Waals surface area contributed by atoms with Gasteiger partial charge in [0, 0.05) is 10.4 Å². The summed E-state index contributed by atoms with van der Waals surface area (Å²) in [6.45, 7) is 3.14. The number of hydrogen-bond donors (Lipinski definition) is 1. The largest absolute Gasteiger partial charge is 0.481 e. The summed E-state index contributed by atoms with van der Waals surface area (Å²) in [5.41, 5.74) is 0. The van der Waals surface area contributed by atoms with E-state index in [-0.39, 0.29) is 5.78 Å². The molecule has 0 fully saturated rings. The Morgan fingerprint density at radius 3 is 2.38 bits per heavy atom. The molecule has 1 rings (SSSR count). The Hall–Kier alpha value is -0.390. The van der Waals surface area contributed by atoms with Gasteiger partial charge in [0.1, 0.15) is 4.34 Å². The van der Waals surface area contributed by atoms with Crippen molar-refractivity contribution in [3.05, 3.63) is 19.8 Å². The van der Waals surface area contributed by atoms with Gasteiger partial charge in [0.2, 0.25) is 0 Å². The molecule has 0 aliphatic heterocycles. The van der Waals surface area contributed by atoms with Crippen molar-refractivity contribution in [2.45, 2.75) is 13.8 Å². The number of carbonyl (C=O) groups is 2. The fraction of sp³-hybridized carbons (Fsp3) is 0.400. The maximum Gasteiger partial charge on any atom is 0.306 e. The number of halogens is 2. The Kier molecular flexibility index (Phi) is 4.52. The second-order valence-corrected chi connectivity index (χ2v) is 6.02. The predicted octanol–water partition coefficient (Wildman–Crippen LogP) is 3.70. The first-order chi connectivity index (χ1) is 7.34. The maximum atomic E-state index is 11.9. The van der Waals surface area contributed by atoms with Crippen molar-refractivity contribution in [2.24, 2.45) is 11.8 Å². The molecule has 16 heavy (non-hydrogen) atoms. The summed E-state index contributed by atoms with van der Waals surface area (Å²) < 4.78 is 1.16. The first-order valence-electron chi connectivity index (χ1n) is 4.56. The fourth-order valence-electron chi connectivity index (χ4n) is 1.13. The molecule has 2 unspecified atom stereocenters. The van der Waals surface area contributed by atoms with Crippen molar-refractivity contribution in [1.82, 2.24) is 0 Å². The zero-order valence-electron chi connectivity index (χ0n) is 8.66. The minimum Gasteiger partial charge on any atom is -0.481 e. The summed E-state index contributed by atoms with van der Waals surface area (Å²) in [5.74, 6) is -2.42. The van der Waals surface area contributed by atoms with Crippen LogP contribution in [0.3, 0.4) is 0 Å². The van der Waals surface area contributed by atoms with Crippen LogP contribution in [0.2, 0.25) is 4.34 Å². The van der Waals surface area contributed by atoms with Gasteiger partial charge in [0.15, 0.2) is 5.78 Å². The summed E-state index contributed by atoms with van der Waals surface area (Å²) in [4.78, 5) is 23.2. The topological polar surface area (TPSA) is 54.4 Å². The number of rotatable bonds is 4. The van der Waals surface area contributed by atoms with Crippen LogP contribution in [0.15, 0.2) is 10.5 Å². The minimum atomic E-state index is -0.970. The number of thiophene rings is 1. The second-order valence-electron chi connectivity index (χ2n) is 3.51. The van der Waals surface area contributed by atoms with Crippen LogP contribution in [0.25, 0.3) is 0 Å². The normalized spacial score (nSPS) is 14.5. The third-order valence-electron chi connectivity index (χ3n) is 2.44.